The first-order chi connectivity index (χ1) is 19.1. The summed E-state index contributed by atoms with van der Waals surface area (Å²) < 4.78 is 12.1. The lowest BCUT2D eigenvalue weighted by molar-refractivity contribution is -0.127. The van der Waals surface area contributed by atoms with E-state index < -0.39 is 0 Å². The molecule has 1 N–H and O–H groups in total. The standard InChI is InChI=1S/C30H40N6O3/c1-3-28(37)35-12-9-23(10-13-35)36-18-22(19-36)25-6-7-27(29(33-25)21-4-5-21)39-20-24-26(8-11-32-30(24)31-2)34-14-16-38-17-15-34/h3,6-8,11,21-23H,1,4-5,9-10,12-20H2,2H3,(H,31,32). The summed E-state index contributed by atoms with van der Waals surface area (Å²) >= 11 is 0. The maximum absolute atomic E-state index is 11.9. The molecule has 1 amide bonds. The summed E-state index contributed by atoms with van der Waals surface area (Å²) in [4.78, 5) is 28.5. The molecule has 0 bridgehead atoms. The number of piperidine rings is 1. The zero-order chi connectivity index (χ0) is 26.8. The lowest BCUT2D eigenvalue weighted by Crippen LogP contribution is -2.54. The van der Waals surface area contributed by atoms with Crippen LogP contribution in [-0.4, -0.2) is 91.2 Å². The molecule has 3 aliphatic heterocycles. The van der Waals surface area contributed by atoms with E-state index in [9.17, 15) is 4.79 Å². The number of anilines is 2. The fraction of sp³-hybridized carbons (Fsp3) is 0.567. The Balaban J connectivity index is 1.11. The van der Waals surface area contributed by atoms with Gasteiger partial charge in [-0.25, -0.2) is 4.98 Å². The quantitative estimate of drug-likeness (QED) is 0.492. The normalized spacial score (nSPS) is 20.9. The van der Waals surface area contributed by atoms with E-state index in [0.29, 0.717) is 24.5 Å². The smallest absolute Gasteiger partial charge is 0.245 e. The monoisotopic (exact) mass is 532 g/mol. The summed E-state index contributed by atoms with van der Waals surface area (Å²) in [5.74, 6) is 2.77. The molecule has 2 aromatic heterocycles. The van der Waals surface area contributed by atoms with Crippen LogP contribution in [0.5, 0.6) is 5.75 Å². The van der Waals surface area contributed by atoms with Crippen molar-refractivity contribution in [2.24, 2.45) is 0 Å². The van der Waals surface area contributed by atoms with E-state index in [1.54, 1.807) is 0 Å². The Hall–Kier alpha value is -3.17. The molecular weight excluding hydrogens is 492 g/mol. The van der Waals surface area contributed by atoms with Crippen molar-refractivity contribution in [1.29, 1.82) is 0 Å². The molecule has 0 spiro atoms. The number of morpholine rings is 1. The Bertz CT molecular complexity index is 1180. The molecule has 4 aliphatic rings. The second kappa shape index (κ2) is 11.5. The zero-order valence-corrected chi connectivity index (χ0v) is 23.0. The number of aromatic nitrogens is 2. The molecule has 1 aliphatic carbocycles. The maximum atomic E-state index is 11.9. The molecule has 6 rings (SSSR count). The van der Waals surface area contributed by atoms with Crippen LogP contribution in [-0.2, 0) is 16.1 Å². The molecule has 4 fully saturated rings. The van der Waals surface area contributed by atoms with E-state index in [-0.39, 0.29) is 5.91 Å². The summed E-state index contributed by atoms with van der Waals surface area (Å²) in [5, 5.41) is 3.25. The van der Waals surface area contributed by atoms with Crippen LogP contribution in [0.15, 0.2) is 37.1 Å². The molecule has 5 heterocycles. The Labute approximate surface area is 231 Å². The average molecular weight is 533 g/mol. The van der Waals surface area contributed by atoms with Crippen molar-refractivity contribution in [3.05, 3.63) is 54.0 Å². The van der Waals surface area contributed by atoms with Gasteiger partial charge in [0.25, 0.3) is 0 Å². The van der Waals surface area contributed by atoms with Crippen LogP contribution in [0.1, 0.15) is 54.5 Å². The Morgan fingerprint density at radius 3 is 2.56 bits per heavy atom. The third-order valence-electron chi connectivity index (χ3n) is 8.66. The minimum Gasteiger partial charge on any atom is -0.487 e. The van der Waals surface area contributed by atoms with Gasteiger partial charge in [0.05, 0.1) is 24.5 Å². The van der Waals surface area contributed by atoms with Crippen molar-refractivity contribution in [3.63, 3.8) is 0 Å². The Morgan fingerprint density at radius 1 is 1.10 bits per heavy atom. The van der Waals surface area contributed by atoms with Gasteiger partial charge < -0.3 is 24.6 Å². The summed E-state index contributed by atoms with van der Waals surface area (Å²) in [6.45, 7) is 11.0. The van der Waals surface area contributed by atoms with Gasteiger partial charge in [0.1, 0.15) is 18.2 Å². The third-order valence-corrected chi connectivity index (χ3v) is 8.66. The highest BCUT2D eigenvalue weighted by atomic mass is 16.5. The molecule has 3 saturated heterocycles. The number of likely N-dealkylation sites (tertiary alicyclic amines) is 2. The largest absolute Gasteiger partial charge is 0.487 e. The number of ether oxygens (including phenoxy) is 2. The van der Waals surface area contributed by atoms with Gasteiger partial charge in [0, 0.05) is 81.8 Å². The Morgan fingerprint density at radius 2 is 1.87 bits per heavy atom. The number of hydrogen-bond donors (Lipinski definition) is 1. The molecule has 1 saturated carbocycles. The average Bonchev–Trinajstić information content (AvgIpc) is 3.81. The van der Waals surface area contributed by atoms with Crippen molar-refractivity contribution in [1.82, 2.24) is 19.8 Å². The van der Waals surface area contributed by atoms with Gasteiger partial charge in [0.2, 0.25) is 5.91 Å². The van der Waals surface area contributed by atoms with Crippen LogP contribution in [0.2, 0.25) is 0 Å². The predicted octanol–water partition coefficient (Wildman–Crippen LogP) is 3.39. The summed E-state index contributed by atoms with van der Waals surface area (Å²) in [6.07, 6.45) is 7.72. The summed E-state index contributed by atoms with van der Waals surface area (Å²) in [7, 11) is 1.91. The first kappa shape index (κ1) is 26.1. The van der Waals surface area contributed by atoms with Crippen LogP contribution >= 0.6 is 0 Å². The molecular formula is C30H40N6O3. The van der Waals surface area contributed by atoms with Crippen molar-refractivity contribution in [2.45, 2.75) is 50.2 Å². The number of carbonyl (C=O) groups excluding carboxylic acids is 1. The number of nitrogens with one attached hydrogen (secondary N) is 1. The fourth-order valence-electron chi connectivity index (χ4n) is 6.15. The van der Waals surface area contributed by atoms with Crippen molar-refractivity contribution < 1.29 is 14.3 Å². The van der Waals surface area contributed by atoms with E-state index >= 15 is 0 Å². The van der Waals surface area contributed by atoms with Gasteiger partial charge in [-0.1, -0.05) is 6.58 Å². The molecule has 0 atom stereocenters. The SMILES string of the molecule is C=CC(=O)N1CCC(N2CC(c3ccc(OCc4c(N5CCOCC5)ccnc4NC)c(C4CC4)n3)C2)CC1. The van der Waals surface area contributed by atoms with Crippen molar-refractivity contribution in [2.75, 3.05) is 69.7 Å². The van der Waals surface area contributed by atoms with Gasteiger partial charge in [-0.05, 0) is 50.0 Å². The lowest BCUT2D eigenvalue weighted by atomic mass is 9.90. The molecule has 0 aromatic carbocycles. The number of rotatable bonds is 9. The molecule has 0 radical (unpaired) electrons. The summed E-state index contributed by atoms with van der Waals surface area (Å²) in [5.41, 5.74) is 4.53. The topological polar surface area (TPSA) is 83.1 Å². The van der Waals surface area contributed by atoms with Crippen LogP contribution in [0.3, 0.4) is 0 Å². The number of nitrogens with zero attached hydrogens (tertiary/aromatic N) is 5. The number of pyridine rings is 2. The van der Waals surface area contributed by atoms with Gasteiger partial charge in [-0.2, -0.15) is 0 Å². The Kier molecular flexibility index (Phi) is 7.70. The zero-order valence-electron chi connectivity index (χ0n) is 23.0. The predicted molar refractivity (Wildman–Crippen MR) is 151 cm³/mol. The maximum Gasteiger partial charge on any atom is 0.245 e. The highest BCUT2D eigenvalue weighted by Crippen LogP contribution is 2.44. The van der Waals surface area contributed by atoms with E-state index in [2.05, 4.69) is 44.9 Å². The second-order valence-electron chi connectivity index (χ2n) is 11.1. The van der Waals surface area contributed by atoms with Crippen LogP contribution in [0.25, 0.3) is 0 Å². The molecule has 39 heavy (non-hydrogen) atoms. The van der Waals surface area contributed by atoms with E-state index in [4.69, 9.17) is 14.5 Å². The van der Waals surface area contributed by atoms with Gasteiger partial charge in [0.15, 0.2) is 0 Å². The van der Waals surface area contributed by atoms with E-state index in [1.165, 1.54) is 24.6 Å². The molecule has 0 unspecified atom stereocenters. The minimum atomic E-state index is 0.0528. The molecule has 9 nitrogen and oxygen atoms in total. The van der Waals surface area contributed by atoms with Gasteiger partial charge in [-0.3, -0.25) is 14.7 Å². The van der Waals surface area contributed by atoms with Crippen molar-refractivity contribution in [3.8, 4) is 5.75 Å². The second-order valence-corrected chi connectivity index (χ2v) is 11.1. The first-order valence-electron chi connectivity index (χ1n) is 14.4. The number of hydrogen-bond acceptors (Lipinski definition) is 8. The first-order valence-corrected chi connectivity index (χ1v) is 14.4. The van der Waals surface area contributed by atoms with Crippen LogP contribution in [0, 0.1) is 0 Å². The van der Waals surface area contributed by atoms with Crippen LogP contribution in [0.4, 0.5) is 11.5 Å². The highest BCUT2D eigenvalue weighted by molar-refractivity contribution is 5.87. The molecule has 208 valence electrons. The number of amides is 1. The van der Waals surface area contributed by atoms with Crippen LogP contribution < -0.4 is 15.0 Å². The molecule has 9 heteroatoms. The van der Waals surface area contributed by atoms with E-state index in [0.717, 1.165) is 93.8 Å². The molecule has 2 aromatic rings. The highest BCUT2D eigenvalue weighted by Gasteiger charge is 2.37. The van der Waals surface area contributed by atoms with Gasteiger partial charge >= 0.3 is 0 Å². The number of carbonyl (C=O) groups is 1. The fourth-order valence-corrected chi connectivity index (χ4v) is 6.15. The lowest BCUT2D eigenvalue weighted by Gasteiger charge is -2.47. The van der Waals surface area contributed by atoms with Crippen molar-refractivity contribution >= 4 is 17.4 Å². The minimum absolute atomic E-state index is 0.0528. The van der Waals surface area contributed by atoms with Gasteiger partial charge in [-0.15, -0.1) is 0 Å². The third kappa shape index (κ3) is 5.61. The summed E-state index contributed by atoms with van der Waals surface area (Å²) in [6, 6.07) is 6.95. The van der Waals surface area contributed by atoms with E-state index in [1.807, 2.05) is 18.1 Å².